The van der Waals surface area contributed by atoms with Crippen LogP contribution in [0.1, 0.15) is 40.0 Å². The molecule has 4 heteroatoms. The van der Waals surface area contributed by atoms with Gasteiger partial charge >= 0.3 is 6.09 Å². The summed E-state index contributed by atoms with van der Waals surface area (Å²) in [4.78, 5) is 11.5. The van der Waals surface area contributed by atoms with E-state index in [1.54, 1.807) is 0 Å². The Morgan fingerprint density at radius 1 is 1.40 bits per heavy atom. The molecule has 0 spiro atoms. The zero-order valence-electron chi connectivity index (χ0n) is 9.58. The predicted octanol–water partition coefficient (Wildman–Crippen LogP) is 1.83. The second-order valence-corrected chi connectivity index (χ2v) is 5.36. The minimum absolute atomic E-state index is 0.151. The zero-order valence-corrected chi connectivity index (χ0v) is 9.58. The first-order valence-electron chi connectivity index (χ1n) is 5.59. The Kier molecular flexibility index (Phi) is 2.63. The molecule has 0 aromatic rings. The summed E-state index contributed by atoms with van der Waals surface area (Å²) >= 11 is 0. The molecule has 2 bridgehead atoms. The molecule has 2 aliphatic rings. The van der Waals surface area contributed by atoms with Crippen molar-refractivity contribution in [2.45, 2.75) is 63.9 Å². The molecule has 2 fully saturated rings. The molecule has 2 aliphatic heterocycles. The zero-order chi connectivity index (χ0) is 11.1. The molecule has 0 aromatic carbocycles. The van der Waals surface area contributed by atoms with Crippen LogP contribution in [0, 0.1) is 0 Å². The van der Waals surface area contributed by atoms with E-state index in [0.717, 1.165) is 19.3 Å². The van der Waals surface area contributed by atoms with Crippen molar-refractivity contribution in [3.05, 3.63) is 0 Å². The molecule has 2 heterocycles. The Morgan fingerprint density at radius 3 is 2.60 bits per heavy atom. The molecule has 0 saturated carbocycles. The molecule has 1 N–H and O–H groups in total. The fraction of sp³-hybridized carbons (Fsp3) is 0.909. The Balaban J connectivity index is 1.80. The number of nitrogens with one attached hydrogen (secondary N) is 1. The molecule has 0 unspecified atom stereocenters. The van der Waals surface area contributed by atoms with Gasteiger partial charge < -0.3 is 14.8 Å². The molecule has 86 valence electrons. The lowest BCUT2D eigenvalue weighted by Crippen LogP contribution is -2.43. The minimum Gasteiger partial charge on any atom is -0.444 e. The summed E-state index contributed by atoms with van der Waals surface area (Å²) in [5.74, 6) is 0. The van der Waals surface area contributed by atoms with Gasteiger partial charge in [-0.2, -0.15) is 0 Å². The van der Waals surface area contributed by atoms with E-state index in [2.05, 4.69) is 5.32 Å². The predicted molar refractivity (Wildman–Crippen MR) is 55.7 cm³/mol. The molecule has 15 heavy (non-hydrogen) atoms. The van der Waals surface area contributed by atoms with Gasteiger partial charge in [0.15, 0.2) is 0 Å². The van der Waals surface area contributed by atoms with Gasteiger partial charge in [0, 0.05) is 0 Å². The van der Waals surface area contributed by atoms with Gasteiger partial charge in [0.2, 0.25) is 0 Å². The van der Waals surface area contributed by atoms with Crippen LogP contribution in [-0.4, -0.2) is 29.9 Å². The number of ether oxygens (including phenoxy) is 2. The molecule has 2 rings (SSSR count). The van der Waals surface area contributed by atoms with E-state index in [0.29, 0.717) is 6.10 Å². The van der Waals surface area contributed by atoms with Crippen molar-refractivity contribution in [3.63, 3.8) is 0 Å². The number of hydrogen-bond donors (Lipinski definition) is 1. The van der Waals surface area contributed by atoms with Gasteiger partial charge in [-0.1, -0.05) is 0 Å². The maximum Gasteiger partial charge on any atom is 0.407 e. The van der Waals surface area contributed by atoms with Crippen molar-refractivity contribution in [2.24, 2.45) is 0 Å². The lowest BCUT2D eigenvalue weighted by atomic mass is 9.96. The highest BCUT2D eigenvalue weighted by Gasteiger charge is 2.41. The molecular formula is C11H19NO3. The quantitative estimate of drug-likeness (QED) is 0.723. The summed E-state index contributed by atoms with van der Waals surface area (Å²) in [6, 6.07) is 0.151. The molecular weight excluding hydrogens is 194 g/mol. The summed E-state index contributed by atoms with van der Waals surface area (Å²) in [7, 11) is 0. The Bertz CT molecular complexity index is 259. The first kappa shape index (κ1) is 10.7. The van der Waals surface area contributed by atoms with Gasteiger partial charge in [-0.3, -0.25) is 0 Å². The smallest absolute Gasteiger partial charge is 0.407 e. The molecule has 0 aliphatic carbocycles. The average Bonchev–Trinajstić information content (AvgIpc) is 2.60. The van der Waals surface area contributed by atoms with Gasteiger partial charge in [-0.25, -0.2) is 4.79 Å². The average molecular weight is 213 g/mol. The van der Waals surface area contributed by atoms with Crippen molar-refractivity contribution < 1.29 is 14.3 Å². The largest absolute Gasteiger partial charge is 0.444 e. The lowest BCUT2D eigenvalue weighted by molar-refractivity contribution is 0.0461. The second kappa shape index (κ2) is 3.67. The maximum atomic E-state index is 11.5. The molecule has 2 saturated heterocycles. The van der Waals surface area contributed by atoms with Crippen LogP contribution in [0.25, 0.3) is 0 Å². The van der Waals surface area contributed by atoms with Crippen LogP contribution >= 0.6 is 0 Å². The number of alkyl carbamates (subject to hydrolysis) is 1. The highest BCUT2D eigenvalue weighted by Crippen LogP contribution is 2.34. The van der Waals surface area contributed by atoms with Crippen molar-refractivity contribution in [3.8, 4) is 0 Å². The molecule has 0 radical (unpaired) electrons. The van der Waals surface area contributed by atoms with Gasteiger partial charge in [-0.05, 0) is 40.0 Å². The highest BCUT2D eigenvalue weighted by atomic mass is 16.6. The van der Waals surface area contributed by atoms with Crippen LogP contribution < -0.4 is 5.32 Å². The van der Waals surface area contributed by atoms with Crippen LogP contribution in [0.15, 0.2) is 0 Å². The fourth-order valence-electron chi connectivity index (χ4n) is 2.25. The number of hydrogen-bond acceptors (Lipinski definition) is 3. The number of amides is 1. The molecule has 0 aromatic heterocycles. The van der Waals surface area contributed by atoms with E-state index < -0.39 is 5.60 Å². The van der Waals surface area contributed by atoms with Crippen LogP contribution in [-0.2, 0) is 9.47 Å². The SMILES string of the molecule is CC(C)(C)OC(=O)N[C@H]1C[C@@H]2CC[C@H]1O2. The van der Waals surface area contributed by atoms with Gasteiger partial charge in [0.1, 0.15) is 5.60 Å². The summed E-state index contributed by atoms with van der Waals surface area (Å²) in [5.41, 5.74) is -0.428. The third-order valence-electron chi connectivity index (χ3n) is 2.81. The van der Waals surface area contributed by atoms with Crippen LogP contribution in [0.5, 0.6) is 0 Å². The Labute approximate surface area is 90.3 Å². The van der Waals surface area contributed by atoms with E-state index in [4.69, 9.17) is 9.47 Å². The van der Waals surface area contributed by atoms with Crippen LogP contribution in [0.4, 0.5) is 4.79 Å². The van der Waals surface area contributed by atoms with Crippen LogP contribution in [0.2, 0.25) is 0 Å². The minimum atomic E-state index is -0.428. The van der Waals surface area contributed by atoms with Gasteiger partial charge in [-0.15, -0.1) is 0 Å². The Morgan fingerprint density at radius 2 is 2.13 bits per heavy atom. The summed E-state index contributed by atoms with van der Waals surface area (Å²) < 4.78 is 10.8. The van der Waals surface area contributed by atoms with E-state index >= 15 is 0 Å². The molecule has 4 nitrogen and oxygen atoms in total. The van der Waals surface area contributed by atoms with Crippen molar-refractivity contribution in [2.75, 3.05) is 0 Å². The highest BCUT2D eigenvalue weighted by molar-refractivity contribution is 5.68. The number of fused-ring (bicyclic) bond motifs is 2. The second-order valence-electron chi connectivity index (χ2n) is 5.36. The fourth-order valence-corrected chi connectivity index (χ4v) is 2.25. The molecule has 3 atom stereocenters. The standard InChI is InChI=1S/C11H19NO3/c1-11(2,3)15-10(13)12-8-6-7-4-5-9(8)14-7/h7-9H,4-6H2,1-3H3,(H,12,13)/t7-,8-,9+/m0/s1. The Hall–Kier alpha value is -0.770. The summed E-state index contributed by atoms with van der Waals surface area (Å²) in [6.45, 7) is 5.59. The van der Waals surface area contributed by atoms with Crippen LogP contribution in [0.3, 0.4) is 0 Å². The van der Waals surface area contributed by atoms with Gasteiger partial charge in [0.25, 0.3) is 0 Å². The molecule has 1 amide bonds. The van der Waals surface area contributed by atoms with E-state index in [9.17, 15) is 4.79 Å². The van der Waals surface area contributed by atoms with Crippen molar-refractivity contribution in [1.82, 2.24) is 5.32 Å². The summed E-state index contributed by atoms with van der Waals surface area (Å²) in [5, 5.41) is 2.88. The van der Waals surface area contributed by atoms with E-state index in [-0.39, 0.29) is 18.2 Å². The summed E-state index contributed by atoms with van der Waals surface area (Å²) in [6.07, 6.45) is 3.37. The number of carbonyl (C=O) groups excluding carboxylic acids is 1. The number of carbonyl (C=O) groups is 1. The third-order valence-corrected chi connectivity index (χ3v) is 2.81. The van der Waals surface area contributed by atoms with Gasteiger partial charge in [0.05, 0.1) is 18.2 Å². The number of rotatable bonds is 1. The first-order chi connectivity index (χ1) is 6.94. The normalized spacial score (nSPS) is 34.2. The van der Waals surface area contributed by atoms with E-state index in [1.165, 1.54) is 0 Å². The first-order valence-corrected chi connectivity index (χ1v) is 5.59. The monoisotopic (exact) mass is 213 g/mol. The van der Waals surface area contributed by atoms with E-state index in [1.807, 2.05) is 20.8 Å². The van der Waals surface area contributed by atoms with Crippen molar-refractivity contribution >= 4 is 6.09 Å². The third kappa shape index (κ3) is 2.62. The van der Waals surface area contributed by atoms with Crippen molar-refractivity contribution in [1.29, 1.82) is 0 Å². The topological polar surface area (TPSA) is 47.6 Å². The lowest BCUT2D eigenvalue weighted by Gasteiger charge is -2.24. The maximum absolute atomic E-state index is 11.5.